The number of ketones is 1. The second-order valence-electron chi connectivity index (χ2n) is 6.83. The van der Waals surface area contributed by atoms with Crippen LogP contribution in [0.4, 0.5) is 0 Å². The maximum absolute atomic E-state index is 12.4. The Kier molecular flexibility index (Phi) is 7.57. The zero-order chi connectivity index (χ0) is 18.4. The zero-order valence-electron chi connectivity index (χ0n) is 14.8. The fourth-order valence-electron chi connectivity index (χ4n) is 2.28. The molecule has 0 radical (unpaired) electrons. The van der Waals surface area contributed by atoms with Crippen LogP contribution < -0.4 is 10.6 Å². The van der Waals surface area contributed by atoms with Crippen molar-refractivity contribution in [1.29, 1.82) is 0 Å². The number of epoxide rings is 1. The van der Waals surface area contributed by atoms with Gasteiger partial charge in [0.2, 0.25) is 11.8 Å². The number of rotatable bonds is 10. The van der Waals surface area contributed by atoms with Gasteiger partial charge < -0.3 is 20.5 Å². The van der Waals surface area contributed by atoms with Crippen LogP contribution in [0.1, 0.15) is 40.5 Å². The van der Waals surface area contributed by atoms with Crippen LogP contribution in [-0.2, 0) is 19.1 Å². The predicted octanol–water partition coefficient (Wildman–Crippen LogP) is 0.317. The molecule has 1 rings (SSSR count). The van der Waals surface area contributed by atoms with E-state index in [1.807, 2.05) is 13.8 Å². The van der Waals surface area contributed by atoms with E-state index in [-0.39, 0.29) is 30.4 Å². The molecule has 1 heterocycles. The highest BCUT2D eigenvalue weighted by Gasteiger charge is 2.38. The Morgan fingerprint density at radius 3 is 2.21 bits per heavy atom. The molecule has 24 heavy (non-hydrogen) atoms. The Morgan fingerprint density at radius 1 is 1.21 bits per heavy atom. The summed E-state index contributed by atoms with van der Waals surface area (Å²) in [6, 6.07) is -1.89. The van der Waals surface area contributed by atoms with Gasteiger partial charge in [0.25, 0.3) is 0 Å². The summed E-state index contributed by atoms with van der Waals surface area (Å²) in [5, 5.41) is 14.9. The molecule has 0 aliphatic carbocycles. The van der Waals surface area contributed by atoms with Crippen molar-refractivity contribution in [3.63, 3.8) is 0 Å². The lowest BCUT2D eigenvalue weighted by molar-refractivity contribution is -0.134. The molecule has 4 atom stereocenters. The van der Waals surface area contributed by atoms with Gasteiger partial charge in [-0.2, -0.15) is 0 Å². The van der Waals surface area contributed by atoms with E-state index in [1.165, 1.54) is 6.92 Å². The van der Waals surface area contributed by atoms with Gasteiger partial charge in [-0.25, -0.2) is 0 Å². The summed E-state index contributed by atoms with van der Waals surface area (Å²) in [6.45, 7) is 11.1. The molecule has 1 fully saturated rings. The summed E-state index contributed by atoms with van der Waals surface area (Å²) in [5.74, 6) is -1.00. The molecule has 1 saturated heterocycles. The highest BCUT2D eigenvalue weighted by molar-refractivity contribution is 5.95. The highest BCUT2D eigenvalue weighted by atomic mass is 16.6. The van der Waals surface area contributed by atoms with Crippen molar-refractivity contribution in [2.75, 3.05) is 6.61 Å². The lowest BCUT2D eigenvalue weighted by atomic mass is 10.0. The van der Waals surface area contributed by atoms with Crippen molar-refractivity contribution >= 4 is 17.6 Å². The van der Waals surface area contributed by atoms with Crippen LogP contribution in [0.25, 0.3) is 0 Å². The highest BCUT2D eigenvalue weighted by Crippen LogP contribution is 2.16. The van der Waals surface area contributed by atoms with Gasteiger partial charge in [-0.15, -0.1) is 6.58 Å². The molecule has 0 saturated carbocycles. The first-order valence-corrected chi connectivity index (χ1v) is 8.19. The fourth-order valence-corrected chi connectivity index (χ4v) is 2.28. The van der Waals surface area contributed by atoms with E-state index in [0.29, 0.717) is 6.61 Å². The molecule has 3 N–H and O–H groups in total. The summed E-state index contributed by atoms with van der Waals surface area (Å²) in [7, 11) is 0. The Balaban J connectivity index is 2.74. The quantitative estimate of drug-likeness (QED) is 0.392. The number of aliphatic hydroxyl groups excluding tert-OH is 1. The Labute approximate surface area is 142 Å². The number of hydrogen-bond donors (Lipinski definition) is 3. The molecule has 1 aliphatic rings. The number of amides is 2. The second-order valence-corrected chi connectivity index (χ2v) is 6.83. The number of nitrogens with one attached hydrogen (secondary N) is 2. The van der Waals surface area contributed by atoms with Gasteiger partial charge in [-0.05, 0) is 26.2 Å². The van der Waals surface area contributed by atoms with E-state index in [4.69, 9.17) is 4.74 Å². The van der Waals surface area contributed by atoms with Crippen molar-refractivity contribution < 1.29 is 24.2 Å². The molecule has 136 valence electrons. The molecule has 0 aromatic rings. The number of Topliss-reactive ketones (excluding diaryl/α,β-unsaturated/α-hetero) is 1. The third kappa shape index (κ3) is 6.80. The average molecular weight is 340 g/mol. The Hall–Kier alpha value is -1.73. The van der Waals surface area contributed by atoms with Gasteiger partial charge in [-0.3, -0.25) is 14.4 Å². The first-order chi connectivity index (χ1) is 11.1. The van der Waals surface area contributed by atoms with Gasteiger partial charge >= 0.3 is 0 Å². The van der Waals surface area contributed by atoms with Crippen molar-refractivity contribution in [2.24, 2.45) is 5.92 Å². The van der Waals surface area contributed by atoms with Crippen LogP contribution in [0.15, 0.2) is 12.2 Å². The summed E-state index contributed by atoms with van der Waals surface area (Å²) >= 11 is 0. The number of ether oxygens (including phenoxy) is 1. The molecule has 0 spiro atoms. The molecular formula is C17H28N2O5. The van der Waals surface area contributed by atoms with Crippen molar-refractivity contribution in [1.82, 2.24) is 10.6 Å². The zero-order valence-corrected chi connectivity index (χ0v) is 14.8. The second kappa shape index (κ2) is 8.94. The third-order valence-corrected chi connectivity index (χ3v) is 3.54. The molecule has 2 amide bonds. The van der Waals surface area contributed by atoms with Crippen molar-refractivity contribution in [3.8, 4) is 0 Å². The van der Waals surface area contributed by atoms with E-state index < -0.39 is 30.2 Å². The lowest BCUT2D eigenvalue weighted by Gasteiger charge is -2.24. The first kappa shape index (κ1) is 20.3. The van der Waals surface area contributed by atoms with E-state index in [9.17, 15) is 19.5 Å². The molecular weight excluding hydrogens is 312 g/mol. The molecule has 0 aromatic heterocycles. The smallest absolute Gasteiger partial charge is 0.245 e. The monoisotopic (exact) mass is 340 g/mol. The molecule has 7 nitrogen and oxygen atoms in total. The minimum absolute atomic E-state index is 0.132. The first-order valence-electron chi connectivity index (χ1n) is 8.19. The number of hydrogen-bond acceptors (Lipinski definition) is 5. The Morgan fingerprint density at radius 2 is 1.79 bits per heavy atom. The maximum Gasteiger partial charge on any atom is 0.245 e. The predicted molar refractivity (Wildman–Crippen MR) is 89.2 cm³/mol. The minimum atomic E-state index is -1.11. The minimum Gasteiger partial charge on any atom is -0.391 e. The SMILES string of the molecule is C=C(C)C[C@H](NC(=O)[C@@H](NC(=O)CC(C)C)[C@@H](C)O)C(=O)C1CO1. The summed E-state index contributed by atoms with van der Waals surface area (Å²) in [5.41, 5.74) is 0.742. The molecule has 0 bridgehead atoms. The van der Waals surface area contributed by atoms with E-state index >= 15 is 0 Å². The van der Waals surface area contributed by atoms with E-state index in [2.05, 4.69) is 17.2 Å². The van der Waals surface area contributed by atoms with Gasteiger partial charge in [-0.1, -0.05) is 19.4 Å². The van der Waals surface area contributed by atoms with Crippen molar-refractivity contribution in [2.45, 2.75) is 64.8 Å². The van der Waals surface area contributed by atoms with Gasteiger partial charge in [0.1, 0.15) is 12.1 Å². The van der Waals surface area contributed by atoms with Crippen molar-refractivity contribution in [3.05, 3.63) is 12.2 Å². The third-order valence-electron chi connectivity index (χ3n) is 3.54. The summed E-state index contributed by atoms with van der Waals surface area (Å²) in [4.78, 5) is 36.5. The van der Waals surface area contributed by atoms with Gasteiger partial charge in [0.15, 0.2) is 5.78 Å². The van der Waals surface area contributed by atoms with Crippen LogP contribution in [-0.4, -0.2) is 53.6 Å². The average Bonchev–Trinajstić information content (AvgIpc) is 3.25. The van der Waals surface area contributed by atoms with Crippen LogP contribution in [0.2, 0.25) is 0 Å². The van der Waals surface area contributed by atoms with Gasteiger partial charge in [0, 0.05) is 6.42 Å². The molecule has 1 unspecified atom stereocenters. The number of carbonyl (C=O) groups is 3. The van der Waals surface area contributed by atoms with Crippen LogP contribution in [0.5, 0.6) is 0 Å². The molecule has 1 aliphatic heterocycles. The Bertz CT molecular complexity index is 497. The maximum atomic E-state index is 12.4. The number of carbonyl (C=O) groups excluding carboxylic acids is 3. The normalized spacial score (nSPS) is 20.0. The van der Waals surface area contributed by atoms with Crippen LogP contribution >= 0.6 is 0 Å². The van der Waals surface area contributed by atoms with Crippen LogP contribution in [0.3, 0.4) is 0 Å². The number of aliphatic hydroxyl groups is 1. The van der Waals surface area contributed by atoms with Gasteiger partial charge in [0.05, 0.1) is 18.8 Å². The summed E-state index contributed by atoms with van der Waals surface area (Å²) in [6.07, 6.45) is -1.04. The largest absolute Gasteiger partial charge is 0.391 e. The van der Waals surface area contributed by atoms with E-state index in [1.54, 1.807) is 6.92 Å². The lowest BCUT2D eigenvalue weighted by Crippen LogP contribution is -2.56. The standard InChI is InChI=1S/C17H28N2O5/c1-9(2)6-12(16(22)13-8-24-13)18-17(23)15(11(5)20)19-14(21)7-10(3)4/h10-13,15,20H,1,6-8H2,2-5H3,(H,18,23)(H,19,21)/t11-,12+,13?,15+/m1/s1. The van der Waals surface area contributed by atoms with E-state index in [0.717, 1.165) is 5.57 Å². The molecule has 7 heteroatoms. The van der Waals surface area contributed by atoms with Crippen LogP contribution in [0, 0.1) is 5.92 Å². The summed E-state index contributed by atoms with van der Waals surface area (Å²) < 4.78 is 4.98. The fraction of sp³-hybridized carbons (Fsp3) is 0.706. The molecule has 0 aromatic carbocycles. The topological polar surface area (TPSA) is 108 Å².